The Kier molecular flexibility index (Phi) is 11.0. The molecule has 1 fully saturated rings. The number of ether oxygens (including phenoxy) is 1. The first-order valence-electron chi connectivity index (χ1n) is 10.6. The SMILES string of the molecule is CNCCCCCCC(=O)OP(=O)(O)OP(=O)(O)OC[C@H]1O[C@@H](n2ccc(N)nc2=O)[C@@H](O)C1O. The number of hydrogen-bond donors (Lipinski definition) is 6. The minimum absolute atomic E-state index is 0.0869. The molecule has 0 amide bonds. The normalized spacial score (nSPS) is 25.6. The summed E-state index contributed by atoms with van der Waals surface area (Å²) in [7, 11) is -8.79. The van der Waals surface area contributed by atoms with Crippen LogP contribution in [0.1, 0.15) is 38.3 Å². The van der Waals surface area contributed by atoms with Crippen LogP contribution in [0.25, 0.3) is 0 Å². The summed E-state index contributed by atoms with van der Waals surface area (Å²) >= 11 is 0. The standard InChI is InChI=1S/C17H30N4O12P2/c1-19-8-5-3-2-4-6-13(22)32-35(28,29)33-34(26,27)30-10-11-14(23)15(24)16(31-11)21-9-7-12(18)20-17(21)25/h7,9,11,14-16,19,23-24H,2-6,8,10H2,1H3,(H,26,27)(H,28,29)(H2,18,20,25)/t11-,14?,15+,16-/m1/s1. The smallest absolute Gasteiger partial charge is 0.387 e. The highest BCUT2D eigenvalue weighted by molar-refractivity contribution is 7.61. The molecule has 0 aliphatic carbocycles. The molecule has 16 nitrogen and oxygen atoms in total. The molecular weight excluding hydrogens is 514 g/mol. The summed E-state index contributed by atoms with van der Waals surface area (Å²) in [6.45, 7) is -0.0875. The number of phosphoric ester groups is 2. The van der Waals surface area contributed by atoms with E-state index in [1.54, 1.807) is 0 Å². The third kappa shape index (κ3) is 9.35. The molecule has 1 aromatic rings. The summed E-state index contributed by atoms with van der Waals surface area (Å²) in [6.07, 6.45) is -2.50. The van der Waals surface area contributed by atoms with E-state index in [2.05, 4.69) is 23.7 Å². The van der Waals surface area contributed by atoms with Crippen molar-refractivity contribution in [1.82, 2.24) is 14.9 Å². The number of phosphoric acid groups is 2. The molecule has 2 rings (SSSR count). The second-order valence-corrected chi connectivity index (χ2v) is 10.6. The molecule has 1 aliphatic rings. The van der Waals surface area contributed by atoms with Crippen LogP contribution in [0.5, 0.6) is 0 Å². The molecule has 0 bridgehead atoms. The van der Waals surface area contributed by atoms with Crippen molar-refractivity contribution < 1.29 is 52.0 Å². The number of nitrogens with zero attached hydrogens (tertiary/aromatic N) is 2. The first kappa shape index (κ1) is 29.5. The zero-order valence-corrected chi connectivity index (χ0v) is 20.6. The number of aliphatic hydroxyl groups excluding tert-OH is 2. The number of nitrogen functional groups attached to an aromatic ring is 1. The van der Waals surface area contributed by atoms with E-state index >= 15 is 0 Å². The van der Waals surface area contributed by atoms with Crippen LogP contribution < -0.4 is 16.7 Å². The number of anilines is 1. The summed E-state index contributed by atoms with van der Waals surface area (Å²) in [5.74, 6) is -1.19. The van der Waals surface area contributed by atoms with Crippen molar-refractivity contribution >= 4 is 27.4 Å². The Morgan fingerprint density at radius 2 is 1.89 bits per heavy atom. The van der Waals surface area contributed by atoms with Crippen molar-refractivity contribution in [2.45, 2.75) is 56.6 Å². The van der Waals surface area contributed by atoms with Gasteiger partial charge in [-0.1, -0.05) is 12.8 Å². The van der Waals surface area contributed by atoms with Gasteiger partial charge in [0.05, 0.1) is 6.61 Å². The van der Waals surface area contributed by atoms with Gasteiger partial charge in [0.25, 0.3) is 0 Å². The van der Waals surface area contributed by atoms with Crippen LogP contribution in [0.3, 0.4) is 0 Å². The second kappa shape index (κ2) is 13.0. The Bertz CT molecular complexity index is 1010. The van der Waals surface area contributed by atoms with Crippen LogP contribution >= 0.6 is 15.6 Å². The van der Waals surface area contributed by atoms with Gasteiger partial charge in [-0.15, -0.1) is 0 Å². The van der Waals surface area contributed by atoms with E-state index in [9.17, 15) is 38.7 Å². The van der Waals surface area contributed by atoms with E-state index in [1.807, 2.05) is 7.05 Å². The van der Waals surface area contributed by atoms with E-state index in [-0.39, 0.29) is 12.2 Å². The molecule has 0 aromatic carbocycles. The lowest BCUT2D eigenvalue weighted by molar-refractivity contribution is -0.135. The molecule has 1 aromatic heterocycles. The summed E-state index contributed by atoms with van der Waals surface area (Å²) in [5.41, 5.74) is 4.50. The van der Waals surface area contributed by atoms with Crippen molar-refractivity contribution in [3.8, 4) is 0 Å². The fraction of sp³-hybridized carbons (Fsp3) is 0.706. The van der Waals surface area contributed by atoms with Gasteiger partial charge in [-0.3, -0.25) is 18.8 Å². The highest BCUT2D eigenvalue weighted by Gasteiger charge is 2.46. The molecule has 6 atom stereocenters. The van der Waals surface area contributed by atoms with Crippen LogP contribution in [-0.4, -0.2) is 74.0 Å². The number of carbonyl (C=O) groups excluding carboxylic acids is 1. The largest absolute Gasteiger partial charge is 0.538 e. The highest BCUT2D eigenvalue weighted by Crippen LogP contribution is 2.60. The van der Waals surface area contributed by atoms with Gasteiger partial charge in [-0.25, -0.2) is 13.9 Å². The monoisotopic (exact) mass is 544 g/mol. The van der Waals surface area contributed by atoms with Gasteiger partial charge >= 0.3 is 27.3 Å². The first-order valence-corrected chi connectivity index (χ1v) is 13.6. The van der Waals surface area contributed by atoms with Crippen LogP contribution in [0.4, 0.5) is 5.82 Å². The number of carbonyl (C=O) groups is 1. The van der Waals surface area contributed by atoms with E-state index in [0.717, 1.165) is 30.2 Å². The number of rotatable bonds is 14. The zero-order chi connectivity index (χ0) is 26.2. The van der Waals surface area contributed by atoms with E-state index in [1.165, 1.54) is 6.07 Å². The van der Waals surface area contributed by atoms with Gasteiger partial charge in [-0.05, 0) is 32.5 Å². The van der Waals surface area contributed by atoms with Gasteiger partial charge < -0.3 is 35.4 Å². The Hall–Kier alpha value is -1.71. The predicted octanol–water partition coefficient (Wildman–Crippen LogP) is -0.608. The van der Waals surface area contributed by atoms with E-state index < -0.39 is 58.5 Å². The Morgan fingerprint density at radius 3 is 2.54 bits per heavy atom. The average molecular weight is 544 g/mol. The molecule has 0 saturated carbocycles. The molecule has 3 unspecified atom stereocenters. The number of nitrogens with two attached hydrogens (primary N) is 1. The van der Waals surface area contributed by atoms with Crippen molar-refractivity contribution in [3.63, 3.8) is 0 Å². The van der Waals surface area contributed by atoms with E-state index in [0.29, 0.717) is 12.8 Å². The molecule has 35 heavy (non-hydrogen) atoms. The molecule has 0 spiro atoms. The van der Waals surface area contributed by atoms with Gasteiger partial charge in [0.15, 0.2) is 6.23 Å². The Morgan fingerprint density at radius 1 is 1.20 bits per heavy atom. The van der Waals surface area contributed by atoms with Crippen molar-refractivity contribution in [2.75, 3.05) is 25.9 Å². The maximum absolute atomic E-state index is 12.1. The van der Waals surface area contributed by atoms with Crippen LogP contribution in [0, 0.1) is 0 Å². The highest BCUT2D eigenvalue weighted by atomic mass is 31.3. The lowest BCUT2D eigenvalue weighted by Crippen LogP contribution is -2.36. The van der Waals surface area contributed by atoms with Gasteiger partial charge in [0, 0.05) is 12.6 Å². The molecule has 1 saturated heterocycles. The lowest BCUT2D eigenvalue weighted by atomic mass is 10.1. The van der Waals surface area contributed by atoms with Gasteiger partial charge in [-0.2, -0.15) is 9.29 Å². The maximum Gasteiger partial charge on any atom is 0.538 e. The molecule has 2 heterocycles. The molecule has 200 valence electrons. The topological polar surface area (TPSA) is 242 Å². The number of hydrogen-bond acceptors (Lipinski definition) is 13. The van der Waals surface area contributed by atoms with Crippen molar-refractivity contribution in [3.05, 3.63) is 22.7 Å². The number of aliphatic hydroxyl groups is 2. The Balaban J connectivity index is 1.85. The lowest BCUT2D eigenvalue weighted by Gasteiger charge is -2.19. The summed E-state index contributed by atoms with van der Waals surface area (Å²) < 4.78 is 43.0. The second-order valence-electron chi connectivity index (χ2n) is 7.63. The first-order chi connectivity index (χ1) is 16.3. The molecule has 7 N–H and O–H groups in total. The molecule has 1 aliphatic heterocycles. The molecule has 18 heteroatoms. The number of nitrogens with one attached hydrogen (secondary N) is 1. The number of unbranched alkanes of at least 4 members (excludes halogenated alkanes) is 3. The number of aromatic nitrogens is 2. The van der Waals surface area contributed by atoms with Gasteiger partial charge in [0.1, 0.15) is 24.1 Å². The van der Waals surface area contributed by atoms with Crippen LogP contribution in [0.15, 0.2) is 17.1 Å². The fourth-order valence-corrected chi connectivity index (χ4v) is 5.20. The van der Waals surface area contributed by atoms with Crippen molar-refractivity contribution in [2.24, 2.45) is 0 Å². The summed E-state index contributed by atoms with van der Waals surface area (Å²) in [6, 6.07) is 1.24. The quantitative estimate of drug-likeness (QED) is 0.126. The summed E-state index contributed by atoms with van der Waals surface area (Å²) in [4.78, 5) is 46.5. The fourth-order valence-electron chi connectivity index (χ4n) is 3.15. The van der Waals surface area contributed by atoms with Gasteiger partial charge in [0.2, 0.25) is 0 Å². The zero-order valence-electron chi connectivity index (χ0n) is 18.8. The maximum atomic E-state index is 12.1. The van der Waals surface area contributed by atoms with Crippen LogP contribution in [0.2, 0.25) is 0 Å². The Labute approximate surface area is 200 Å². The minimum atomic E-state index is -5.31. The molecular formula is C17H30N4O12P2. The van der Waals surface area contributed by atoms with E-state index in [4.69, 9.17) is 10.5 Å². The van der Waals surface area contributed by atoms with Crippen LogP contribution in [-0.2, 0) is 32.0 Å². The third-order valence-electron chi connectivity index (χ3n) is 4.85. The molecule has 0 radical (unpaired) electrons. The summed E-state index contributed by atoms with van der Waals surface area (Å²) in [5, 5.41) is 23.3. The average Bonchev–Trinajstić information content (AvgIpc) is 3.02. The van der Waals surface area contributed by atoms with Crippen molar-refractivity contribution in [1.29, 1.82) is 0 Å². The third-order valence-corrected chi connectivity index (χ3v) is 7.41. The predicted molar refractivity (Wildman–Crippen MR) is 119 cm³/mol. The minimum Gasteiger partial charge on any atom is -0.387 e.